The van der Waals surface area contributed by atoms with Crippen LogP contribution in [-0.2, 0) is 12.1 Å². The Morgan fingerprint density at radius 1 is 1.21 bits per heavy atom. The number of halogens is 4. The Morgan fingerprint density at radius 3 is 2.21 bits per heavy atom. The van der Waals surface area contributed by atoms with Crippen molar-refractivity contribution >= 4 is 17.3 Å². The van der Waals surface area contributed by atoms with Gasteiger partial charge < -0.3 is 4.90 Å². The molecule has 0 aromatic heterocycles. The molecule has 1 rings (SSSR count). The lowest BCUT2D eigenvalue weighted by Gasteiger charge is -2.29. The van der Waals surface area contributed by atoms with E-state index in [0.717, 1.165) is 12.8 Å². The number of hydrogen-bond acceptors (Lipinski definition) is 1. The van der Waals surface area contributed by atoms with Crippen LogP contribution in [0.3, 0.4) is 0 Å². The first-order valence-corrected chi connectivity index (χ1v) is 6.87. The lowest BCUT2D eigenvalue weighted by molar-refractivity contribution is -0.138. The summed E-state index contributed by atoms with van der Waals surface area (Å²) in [6.07, 6.45) is -2.58. The van der Waals surface area contributed by atoms with Crippen LogP contribution < -0.4 is 4.90 Å². The minimum absolute atomic E-state index is 0.121. The maximum Gasteiger partial charge on any atom is 0.416 e. The van der Waals surface area contributed by atoms with Gasteiger partial charge in [-0.15, -0.1) is 11.6 Å². The molecule has 0 aliphatic heterocycles. The van der Waals surface area contributed by atoms with E-state index in [4.69, 9.17) is 11.6 Å². The van der Waals surface area contributed by atoms with E-state index in [9.17, 15) is 13.2 Å². The molecule has 0 atom stereocenters. The van der Waals surface area contributed by atoms with Gasteiger partial charge in [-0.1, -0.05) is 19.9 Å². The molecule has 0 bridgehead atoms. The summed E-state index contributed by atoms with van der Waals surface area (Å²) in [6, 6.07) is 4.59. The largest absolute Gasteiger partial charge is 0.416 e. The zero-order chi connectivity index (χ0) is 14.6. The number of rotatable bonds is 5. The van der Waals surface area contributed by atoms with Gasteiger partial charge in [0.15, 0.2) is 0 Å². The molecule has 0 aliphatic rings. The van der Waals surface area contributed by atoms with Crippen molar-refractivity contribution in [3.8, 4) is 0 Å². The second kappa shape index (κ2) is 6.51. The van der Waals surface area contributed by atoms with E-state index in [1.165, 1.54) is 12.1 Å². The second-order valence-electron chi connectivity index (χ2n) is 4.55. The van der Waals surface area contributed by atoms with Crippen LogP contribution in [0.4, 0.5) is 18.9 Å². The van der Waals surface area contributed by atoms with Gasteiger partial charge in [0.25, 0.3) is 0 Å². The van der Waals surface area contributed by atoms with E-state index in [1.54, 1.807) is 6.07 Å². The molecule has 0 aliphatic carbocycles. The highest BCUT2D eigenvalue weighted by Crippen LogP contribution is 2.35. The van der Waals surface area contributed by atoms with E-state index in [-0.39, 0.29) is 17.5 Å². The van der Waals surface area contributed by atoms with Crippen LogP contribution >= 0.6 is 11.6 Å². The van der Waals surface area contributed by atoms with Crippen molar-refractivity contribution < 1.29 is 13.2 Å². The Morgan fingerprint density at radius 2 is 1.79 bits per heavy atom. The monoisotopic (exact) mass is 293 g/mol. The second-order valence-corrected chi connectivity index (χ2v) is 4.82. The molecule has 0 unspecified atom stereocenters. The first-order chi connectivity index (χ1) is 8.85. The van der Waals surface area contributed by atoms with Crippen LogP contribution in [0.2, 0.25) is 0 Å². The van der Waals surface area contributed by atoms with E-state index < -0.39 is 11.7 Å². The number of alkyl halides is 4. The summed E-state index contributed by atoms with van der Waals surface area (Å²) in [6.45, 7) is 4.06. The van der Waals surface area contributed by atoms with Crippen LogP contribution in [0.1, 0.15) is 37.8 Å². The van der Waals surface area contributed by atoms with Crippen molar-refractivity contribution in [1.82, 2.24) is 0 Å². The zero-order valence-corrected chi connectivity index (χ0v) is 12.1. The Bertz CT molecular complexity index is 414. The third-order valence-corrected chi connectivity index (χ3v) is 3.73. The Hall–Kier alpha value is -0.900. The van der Waals surface area contributed by atoms with Crippen LogP contribution in [0.5, 0.6) is 0 Å². The van der Waals surface area contributed by atoms with Crippen molar-refractivity contribution in [2.45, 2.75) is 44.8 Å². The van der Waals surface area contributed by atoms with Gasteiger partial charge in [-0.25, -0.2) is 0 Å². The van der Waals surface area contributed by atoms with E-state index in [2.05, 4.69) is 0 Å². The molecule has 0 amide bonds. The van der Waals surface area contributed by atoms with E-state index in [1.807, 2.05) is 25.8 Å². The quantitative estimate of drug-likeness (QED) is 0.685. The molecule has 0 N–H and O–H groups in total. The summed E-state index contributed by atoms with van der Waals surface area (Å²) in [5.41, 5.74) is 0.0589. The van der Waals surface area contributed by atoms with Gasteiger partial charge in [0.05, 0.1) is 5.56 Å². The van der Waals surface area contributed by atoms with Gasteiger partial charge in [0, 0.05) is 24.7 Å². The molecule has 0 saturated carbocycles. The molecule has 0 spiro atoms. The molecule has 0 heterocycles. The summed E-state index contributed by atoms with van der Waals surface area (Å²) >= 11 is 5.57. The fourth-order valence-corrected chi connectivity index (χ4v) is 2.44. The molecule has 0 radical (unpaired) electrons. The third kappa shape index (κ3) is 3.78. The predicted molar refractivity (Wildman–Crippen MR) is 73.8 cm³/mol. The van der Waals surface area contributed by atoms with Gasteiger partial charge in [-0.3, -0.25) is 0 Å². The molecular formula is C14H19ClF3N. The Labute approximate surface area is 117 Å². The van der Waals surface area contributed by atoms with Crippen molar-refractivity contribution in [3.63, 3.8) is 0 Å². The van der Waals surface area contributed by atoms with Crippen LogP contribution in [0, 0.1) is 0 Å². The van der Waals surface area contributed by atoms with E-state index in [0.29, 0.717) is 5.69 Å². The molecule has 5 heteroatoms. The minimum Gasteiger partial charge on any atom is -0.372 e. The summed E-state index contributed by atoms with van der Waals surface area (Å²) in [7, 11) is 1.83. The minimum atomic E-state index is -4.37. The van der Waals surface area contributed by atoms with Gasteiger partial charge in [-0.05, 0) is 30.5 Å². The lowest BCUT2D eigenvalue weighted by atomic mass is 10.0. The smallest absolute Gasteiger partial charge is 0.372 e. The van der Waals surface area contributed by atoms with Gasteiger partial charge in [-0.2, -0.15) is 13.2 Å². The number of anilines is 1. The highest BCUT2D eigenvalue weighted by molar-refractivity contribution is 6.17. The maximum absolute atomic E-state index is 13.0. The average molecular weight is 294 g/mol. The van der Waals surface area contributed by atoms with Crippen molar-refractivity contribution in [2.24, 2.45) is 0 Å². The number of nitrogens with zero attached hydrogens (tertiary/aromatic N) is 1. The van der Waals surface area contributed by atoms with Gasteiger partial charge in [0.2, 0.25) is 0 Å². The SMILES string of the molecule is CCC(CC)N(C)c1ccc(CCl)c(C(F)(F)F)c1. The fourth-order valence-electron chi connectivity index (χ4n) is 2.21. The van der Waals surface area contributed by atoms with Crippen molar-refractivity contribution in [1.29, 1.82) is 0 Å². The molecular weight excluding hydrogens is 275 g/mol. The third-order valence-electron chi connectivity index (χ3n) is 3.44. The van der Waals surface area contributed by atoms with Gasteiger partial charge in [0.1, 0.15) is 0 Å². The van der Waals surface area contributed by atoms with Crippen molar-refractivity contribution in [3.05, 3.63) is 29.3 Å². The zero-order valence-electron chi connectivity index (χ0n) is 11.4. The molecule has 1 aromatic rings. The Kier molecular flexibility index (Phi) is 5.53. The first kappa shape index (κ1) is 16.2. The molecule has 1 nitrogen and oxygen atoms in total. The fraction of sp³-hybridized carbons (Fsp3) is 0.571. The highest BCUT2D eigenvalue weighted by Gasteiger charge is 2.33. The van der Waals surface area contributed by atoms with Crippen molar-refractivity contribution in [2.75, 3.05) is 11.9 Å². The molecule has 19 heavy (non-hydrogen) atoms. The average Bonchev–Trinajstić information content (AvgIpc) is 2.38. The highest BCUT2D eigenvalue weighted by atomic mass is 35.5. The van der Waals surface area contributed by atoms with E-state index >= 15 is 0 Å². The van der Waals surface area contributed by atoms with Gasteiger partial charge >= 0.3 is 6.18 Å². The molecule has 1 aromatic carbocycles. The standard InChI is InChI=1S/C14H19ClF3N/c1-4-11(5-2)19(3)12-7-6-10(9-15)13(8-12)14(16,17)18/h6-8,11H,4-5,9H2,1-3H3. The molecule has 0 fully saturated rings. The summed E-state index contributed by atoms with van der Waals surface area (Å²) < 4.78 is 38.9. The van der Waals surface area contributed by atoms with Crippen LogP contribution in [0.15, 0.2) is 18.2 Å². The summed E-state index contributed by atoms with van der Waals surface area (Å²) in [4.78, 5) is 1.90. The summed E-state index contributed by atoms with van der Waals surface area (Å²) in [5, 5.41) is 0. The number of hydrogen-bond donors (Lipinski definition) is 0. The van der Waals surface area contributed by atoms with Crippen LogP contribution in [0.25, 0.3) is 0 Å². The normalized spacial score (nSPS) is 12.0. The molecule has 0 saturated heterocycles. The topological polar surface area (TPSA) is 3.24 Å². The lowest BCUT2D eigenvalue weighted by Crippen LogP contribution is -2.30. The first-order valence-electron chi connectivity index (χ1n) is 6.34. The molecule has 108 valence electrons. The predicted octanol–water partition coefficient (Wildman–Crippen LogP) is 5.07. The maximum atomic E-state index is 13.0. The van der Waals surface area contributed by atoms with Crippen LogP contribution in [-0.4, -0.2) is 13.1 Å². The Balaban J connectivity index is 3.18. The number of benzene rings is 1. The summed E-state index contributed by atoms with van der Waals surface area (Å²) in [5.74, 6) is -0.135.